The minimum absolute atomic E-state index is 0.00574. The van der Waals surface area contributed by atoms with Gasteiger partial charge in [0.15, 0.2) is 16.9 Å². The lowest BCUT2D eigenvalue weighted by atomic mass is 9.84. The van der Waals surface area contributed by atoms with Crippen LogP contribution in [0.5, 0.6) is 17.2 Å². The number of rotatable bonds is 3. The van der Waals surface area contributed by atoms with E-state index < -0.39 is 34.8 Å². The molecule has 3 aromatic carbocycles. The lowest BCUT2D eigenvalue weighted by Gasteiger charge is -2.26. The zero-order chi connectivity index (χ0) is 24.0. The van der Waals surface area contributed by atoms with Crippen molar-refractivity contribution in [2.45, 2.75) is 12.3 Å². The molecule has 2 heterocycles. The van der Waals surface area contributed by atoms with Gasteiger partial charge in [0, 0.05) is 17.5 Å². The zero-order valence-electron chi connectivity index (χ0n) is 17.9. The summed E-state index contributed by atoms with van der Waals surface area (Å²) in [6.45, 7) is 0. The zero-order valence-corrected chi connectivity index (χ0v) is 17.9. The topological polar surface area (TPSA) is 123 Å². The van der Waals surface area contributed by atoms with E-state index in [2.05, 4.69) is 0 Å². The van der Waals surface area contributed by atoms with Crippen LogP contribution in [-0.4, -0.2) is 29.3 Å². The second kappa shape index (κ2) is 8.08. The Balaban J connectivity index is 1.79. The molecule has 4 aromatic rings. The molecule has 0 bridgehead atoms. The van der Waals surface area contributed by atoms with E-state index in [0.717, 1.165) is 0 Å². The number of benzene rings is 3. The first-order valence-electron chi connectivity index (χ1n) is 10.4. The van der Waals surface area contributed by atoms with Crippen molar-refractivity contribution < 1.29 is 33.7 Å². The molecule has 8 nitrogen and oxygen atoms in total. The number of phenolic OH excluding ortho intramolecular Hbond substituents is 2. The number of aromatic hydroxyl groups is 2. The molecule has 2 N–H and O–H groups in total. The van der Waals surface area contributed by atoms with E-state index in [0.29, 0.717) is 16.7 Å². The Bertz CT molecular complexity index is 1500. The van der Waals surface area contributed by atoms with Gasteiger partial charge in [-0.15, -0.1) is 0 Å². The van der Waals surface area contributed by atoms with Crippen molar-refractivity contribution in [2.75, 3.05) is 7.11 Å². The first-order valence-corrected chi connectivity index (χ1v) is 10.4. The van der Waals surface area contributed by atoms with E-state index in [9.17, 15) is 24.6 Å². The number of hydrogen-bond acceptors (Lipinski definition) is 8. The fourth-order valence-electron chi connectivity index (χ4n) is 4.21. The lowest BCUT2D eigenvalue weighted by Crippen LogP contribution is -2.22. The molecule has 1 aromatic heterocycles. The predicted octanol–water partition coefficient (Wildman–Crippen LogP) is 4.10. The average molecular weight is 458 g/mol. The third kappa shape index (κ3) is 3.36. The quantitative estimate of drug-likeness (QED) is 0.267. The second-order valence-corrected chi connectivity index (χ2v) is 7.83. The Labute approximate surface area is 192 Å². The molecule has 0 amide bonds. The molecule has 0 saturated heterocycles. The van der Waals surface area contributed by atoms with E-state index in [4.69, 9.17) is 13.9 Å². The van der Waals surface area contributed by atoms with Crippen LogP contribution in [-0.2, 0) is 9.53 Å². The van der Waals surface area contributed by atoms with Crippen LogP contribution in [0.3, 0.4) is 0 Å². The van der Waals surface area contributed by atoms with Gasteiger partial charge in [-0.05, 0) is 17.7 Å². The summed E-state index contributed by atoms with van der Waals surface area (Å²) >= 11 is 0. The smallest absolute Gasteiger partial charge is 0.337 e. The number of fused-ring (bicyclic) bond motifs is 3. The third-order valence-corrected chi connectivity index (χ3v) is 5.84. The van der Waals surface area contributed by atoms with E-state index in [-0.39, 0.29) is 34.5 Å². The number of phenols is 2. The largest absolute Gasteiger partial charge is 0.504 e. The maximum atomic E-state index is 13.0. The monoisotopic (exact) mass is 458 g/mol. The van der Waals surface area contributed by atoms with Crippen LogP contribution in [0.15, 0.2) is 69.9 Å². The predicted molar refractivity (Wildman–Crippen MR) is 121 cm³/mol. The van der Waals surface area contributed by atoms with Crippen LogP contribution >= 0.6 is 0 Å². The molecule has 170 valence electrons. The number of carbonyl (C=O) groups excluding carboxylic acids is 2. The SMILES string of the molecule is COC(=O)c1ccc([C@H]2CC(=O)Oc3c(O)c(O)c4c(=O)cc(-c5ccccc5)oc4c32)cc1. The van der Waals surface area contributed by atoms with Crippen molar-refractivity contribution in [3.63, 3.8) is 0 Å². The van der Waals surface area contributed by atoms with Crippen molar-refractivity contribution in [3.8, 4) is 28.6 Å². The van der Waals surface area contributed by atoms with Gasteiger partial charge in [-0.2, -0.15) is 0 Å². The summed E-state index contributed by atoms with van der Waals surface area (Å²) in [5.41, 5.74) is 1.27. The van der Waals surface area contributed by atoms with Gasteiger partial charge in [0.1, 0.15) is 16.7 Å². The number of hydrogen-bond donors (Lipinski definition) is 2. The number of ether oxygens (including phenoxy) is 2. The summed E-state index contributed by atoms with van der Waals surface area (Å²) in [4.78, 5) is 37.2. The van der Waals surface area contributed by atoms with Crippen molar-refractivity contribution in [3.05, 3.63) is 87.6 Å². The summed E-state index contributed by atoms with van der Waals surface area (Å²) < 4.78 is 16.1. The highest BCUT2D eigenvalue weighted by Gasteiger charge is 2.36. The molecule has 0 saturated carbocycles. The van der Waals surface area contributed by atoms with E-state index in [1.54, 1.807) is 48.5 Å². The molecule has 0 spiro atoms. The van der Waals surface area contributed by atoms with Crippen LogP contribution in [0.2, 0.25) is 0 Å². The minimum Gasteiger partial charge on any atom is -0.504 e. The van der Waals surface area contributed by atoms with Crippen molar-refractivity contribution in [1.29, 1.82) is 0 Å². The Kier molecular flexibility index (Phi) is 5.05. The summed E-state index contributed by atoms with van der Waals surface area (Å²) in [6, 6.07) is 16.6. The van der Waals surface area contributed by atoms with E-state index in [1.165, 1.54) is 13.2 Å². The highest BCUT2D eigenvalue weighted by atomic mass is 16.5. The van der Waals surface area contributed by atoms with Crippen LogP contribution in [0.25, 0.3) is 22.3 Å². The van der Waals surface area contributed by atoms with Crippen LogP contribution in [0.4, 0.5) is 0 Å². The summed E-state index contributed by atoms with van der Waals surface area (Å²) in [7, 11) is 1.28. The van der Waals surface area contributed by atoms with Crippen molar-refractivity contribution in [1.82, 2.24) is 0 Å². The van der Waals surface area contributed by atoms with E-state index in [1.807, 2.05) is 6.07 Å². The van der Waals surface area contributed by atoms with Gasteiger partial charge in [0.05, 0.1) is 24.7 Å². The Morgan fingerprint density at radius 2 is 1.71 bits per heavy atom. The highest BCUT2D eigenvalue weighted by Crippen LogP contribution is 2.52. The first kappa shape index (κ1) is 21.3. The Hall–Kier alpha value is -4.59. The molecule has 0 fully saturated rings. The molecular weight excluding hydrogens is 440 g/mol. The van der Waals surface area contributed by atoms with Gasteiger partial charge in [-0.3, -0.25) is 9.59 Å². The maximum absolute atomic E-state index is 13.0. The molecule has 0 radical (unpaired) electrons. The summed E-state index contributed by atoms with van der Waals surface area (Å²) in [6.07, 6.45) is -0.108. The molecule has 8 heteroatoms. The molecule has 34 heavy (non-hydrogen) atoms. The lowest BCUT2D eigenvalue weighted by molar-refractivity contribution is -0.135. The summed E-state index contributed by atoms with van der Waals surface area (Å²) in [5, 5.41) is 21.0. The first-order chi connectivity index (χ1) is 16.4. The van der Waals surface area contributed by atoms with Gasteiger partial charge < -0.3 is 24.1 Å². The number of carbonyl (C=O) groups is 2. The molecule has 0 unspecified atom stereocenters. The summed E-state index contributed by atoms with van der Waals surface area (Å²) in [5.74, 6) is -3.28. The molecule has 0 aliphatic carbocycles. The number of methoxy groups -OCH3 is 1. The normalized spacial score (nSPS) is 15.0. The highest BCUT2D eigenvalue weighted by molar-refractivity contribution is 5.96. The fraction of sp³-hybridized carbons (Fsp3) is 0.115. The van der Waals surface area contributed by atoms with Crippen molar-refractivity contribution >= 4 is 22.9 Å². The van der Waals surface area contributed by atoms with Gasteiger partial charge in [0.25, 0.3) is 0 Å². The van der Waals surface area contributed by atoms with Gasteiger partial charge in [0.2, 0.25) is 5.75 Å². The van der Waals surface area contributed by atoms with E-state index >= 15 is 0 Å². The Morgan fingerprint density at radius 1 is 1.00 bits per heavy atom. The van der Waals surface area contributed by atoms with Crippen LogP contribution in [0, 0.1) is 0 Å². The van der Waals surface area contributed by atoms with Gasteiger partial charge in [-0.1, -0.05) is 42.5 Å². The van der Waals surface area contributed by atoms with Gasteiger partial charge in [-0.25, -0.2) is 4.79 Å². The molecule has 1 aliphatic rings. The molecule has 1 atom stereocenters. The fourth-order valence-corrected chi connectivity index (χ4v) is 4.21. The Morgan fingerprint density at radius 3 is 2.38 bits per heavy atom. The molecule has 5 rings (SSSR count). The maximum Gasteiger partial charge on any atom is 0.337 e. The van der Waals surface area contributed by atoms with Crippen molar-refractivity contribution in [2.24, 2.45) is 0 Å². The second-order valence-electron chi connectivity index (χ2n) is 7.83. The third-order valence-electron chi connectivity index (χ3n) is 5.84. The van der Waals surface area contributed by atoms with Crippen LogP contribution < -0.4 is 10.2 Å². The van der Waals surface area contributed by atoms with Crippen LogP contribution in [0.1, 0.15) is 33.8 Å². The standard InChI is InChI=1S/C26H18O8/c1-32-26(31)15-9-7-13(8-10-15)16-11-19(28)34-25-20(16)24-21(22(29)23(25)30)17(27)12-18(33-24)14-5-3-2-4-6-14/h2-10,12,16,29-30H,11H2,1H3/t16-/m1/s1. The van der Waals surface area contributed by atoms with Gasteiger partial charge >= 0.3 is 11.9 Å². The molecular formula is C26H18O8. The molecule has 1 aliphatic heterocycles. The number of esters is 2. The minimum atomic E-state index is -0.725. The average Bonchev–Trinajstić information content (AvgIpc) is 2.86.